The number of benzene rings is 2. The van der Waals surface area contributed by atoms with Crippen LogP contribution in [0.3, 0.4) is 0 Å². The van der Waals surface area contributed by atoms with Crippen molar-refractivity contribution in [1.29, 1.82) is 0 Å². The van der Waals surface area contributed by atoms with Gasteiger partial charge in [-0.25, -0.2) is 0 Å². The zero-order chi connectivity index (χ0) is 15.2. The van der Waals surface area contributed by atoms with Gasteiger partial charge in [-0.2, -0.15) is 0 Å². The van der Waals surface area contributed by atoms with Crippen LogP contribution < -0.4 is 9.47 Å². The van der Waals surface area contributed by atoms with Crippen molar-refractivity contribution in [3.8, 4) is 11.5 Å². The minimum atomic E-state index is -0.411. The van der Waals surface area contributed by atoms with E-state index in [0.717, 1.165) is 27.1 Å². The highest BCUT2D eigenvalue weighted by molar-refractivity contribution is 9.10. The smallest absolute Gasteiger partial charge is 0.119 e. The van der Waals surface area contributed by atoms with Gasteiger partial charge in [0.1, 0.15) is 18.1 Å². The van der Waals surface area contributed by atoms with E-state index in [1.165, 1.54) is 0 Å². The second-order valence-electron chi connectivity index (χ2n) is 4.74. The van der Waals surface area contributed by atoms with E-state index in [1.54, 1.807) is 7.11 Å². The average molecular weight is 351 g/mol. The van der Waals surface area contributed by atoms with Gasteiger partial charge >= 0.3 is 0 Å². The molecule has 0 aromatic heterocycles. The number of hydrogen-bond acceptors (Lipinski definition) is 3. The Morgan fingerprint density at radius 2 is 1.76 bits per heavy atom. The number of halogens is 1. The first kappa shape index (κ1) is 15.9. The van der Waals surface area contributed by atoms with E-state index in [0.29, 0.717) is 13.0 Å². The molecule has 0 unspecified atom stereocenters. The van der Waals surface area contributed by atoms with E-state index >= 15 is 0 Å². The first-order valence-electron chi connectivity index (χ1n) is 6.87. The van der Waals surface area contributed by atoms with Crippen molar-refractivity contribution in [3.05, 3.63) is 58.1 Å². The number of hydrogen-bond donors (Lipinski definition) is 1. The van der Waals surface area contributed by atoms with Crippen LogP contribution in [0.5, 0.6) is 11.5 Å². The molecule has 21 heavy (non-hydrogen) atoms. The number of aliphatic hydroxyl groups is 1. The zero-order valence-electron chi connectivity index (χ0n) is 12.2. The van der Waals surface area contributed by atoms with E-state index in [4.69, 9.17) is 9.47 Å². The van der Waals surface area contributed by atoms with Gasteiger partial charge in [-0.15, -0.1) is 0 Å². The molecule has 0 aliphatic rings. The highest BCUT2D eigenvalue weighted by Crippen LogP contribution is 2.25. The Morgan fingerprint density at radius 3 is 2.38 bits per heavy atom. The summed E-state index contributed by atoms with van der Waals surface area (Å²) in [6.07, 6.45) is 0.295. The van der Waals surface area contributed by atoms with Crippen LogP contribution in [-0.2, 0) is 6.61 Å². The highest BCUT2D eigenvalue weighted by Gasteiger charge is 2.06. The van der Waals surface area contributed by atoms with Gasteiger partial charge in [0.15, 0.2) is 0 Å². The molecular formula is C17H19BrO3. The minimum absolute atomic E-state index is 0.411. The van der Waals surface area contributed by atoms with Crippen LogP contribution in [0.4, 0.5) is 0 Å². The molecule has 0 bridgehead atoms. The Hall–Kier alpha value is -1.52. The van der Waals surface area contributed by atoms with Gasteiger partial charge in [0.2, 0.25) is 0 Å². The molecule has 0 saturated heterocycles. The topological polar surface area (TPSA) is 38.7 Å². The van der Waals surface area contributed by atoms with Gasteiger partial charge in [0, 0.05) is 10.0 Å². The fraction of sp³-hybridized carbons (Fsp3) is 0.294. The fourth-order valence-electron chi connectivity index (χ4n) is 1.97. The Bertz CT molecular complexity index is 581. The van der Waals surface area contributed by atoms with Gasteiger partial charge < -0.3 is 14.6 Å². The molecule has 112 valence electrons. The van der Waals surface area contributed by atoms with Gasteiger partial charge in [-0.1, -0.05) is 35.0 Å². The number of methoxy groups -OCH3 is 1. The van der Waals surface area contributed by atoms with Crippen LogP contribution in [0.2, 0.25) is 0 Å². The zero-order valence-corrected chi connectivity index (χ0v) is 13.8. The van der Waals surface area contributed by atoms with Crippen molar-refractivity contribution in [2.45, 2.75) is 26.1 Å². The summed E-state index contributed by atoms with van der Waals surface area (Å²) in [4.78, 5) is 0. The lowest BCUT2D eigenvalue weighted by molar-refractivity contribution is 0.173. The van der Waals surface area contributed by atoms with Gasteiger partial charge in [-0.05, 0) is 42.3 Å². The van der Waals surface area contributed by atoms with Crippen molar-refractivity contribution in [2.24, 2.45) is 0 Å². The third kappa shape index (κ3) is 4.22. The standard InChI is InChI=1S/C17H19BrO3/c1-3-17(19)12-4-6-14(7-5-12)21-11-13-10-15(20-2)8-9-16(13)18/h4-10,17,19H,3,11H2,1-2H3/t17-/m0/s1. The summed E-state index contributed by atoms with van der Waals surface area (Å²) in [6, 6.07) is 13.3. The van der Waals surface area contributed by atoms with E-state index in [-0.39, 0.29) is 0 Å². The van der Waals surface area contributed by atoms with Crippen molar-refractivity contribution in [3.63, 3.8) is 0 Å². The molecule has 2 aromatic carbocycles. The summed E-state index contributed by atoms with van der Waals surface area (Å²) in [7, 11) is 1.64. The third-order valence-corrected chi connectivity index (χ3v) is 4.07. The SMILES string of the molecule is CC[C@H](O)c1ccc(OCc2cc(OC)ccc2Br)cc1. The minimum Gasteiger partial charge on any atom is -0.497 e. The van der Waals surface area contributed by atoms with E-state index in [1.807, 2.05) is 49.4 Å². The van der Waals surface area contributed by atoms with Gasteiger partial charge in [0.25, 0.3) is 0 Å². The molecule has 0 spiro atoms. The number of rotatable bonds is 6. The molecule has 1 N–H and O–H groups in total. The quantitative estimate of drug-likeness (QED) is 0.834. The molecule has 0 heterocycles. The van der Waals surface area contributed by atoms with Crippen LogP contribution in [0, 0.1) is 0 Å². The molecule has 0 radical (unpaired) electrons. The Kier molecular flexibility index (Phi) is 5.65. The monoisotopic (exact) mass is 350 g/mol. The average Bonchev–Trinajstić information content (AvgIpc) is 2.54. The molecule has 4 heteroatoms. The van der Waals surface area contributed by atoms with Crippen molar-refractivity contribution in [2.75, 3.05) is 7.11 Å². The molecular weight excluding hydrogens is 332 g/mol. The molecule has 0 fully saturated rings. The van der Waals surface area contributed by atoms with Crippen molar-refractivity contribution < 1.29 is 14.6 Å². The lowest BCUT2D eigenvalue weighted by Crippen LogP contribution is -1.98. The second-order valence-corrected chi connectivity index (χ2v) is 5.59. The maximum Gasteiger partial charge on any atom is 0.119 e. The first-order chi connectivity index (χ1) is 10.1. The Balaban J connectivity index is 2.03. The largest absolute Gasteiger partial charge is 0.497 e. The molecule has 3 nitrogen and oxygen atoms in total. The highest BCUT2D eigenvalue weighted by atomic mass is 79.9. The van der Waals surface area contributed by atoms with E-state index < -0.39 is 6.10 Å². The van der Waals surface area contributed by atoms with Gasteiger partial charge in [0.05, 0.1) is 13.2 Å². The fourth-order valence-corrected chi connectivity index (χ4v) is 2.33. The Morgan fingerprint density at radius 1 is 1.10 bits per heavy atom. The van der Waals surface area contributed by atoms with Crippen LogP contribution in [-0.4, -0.2) is 12.2 Å². The molecule has 0 amide bonds. The lowest BCUT2D eigenvalue weighted by atomic mass is 10.1. The predicted molar refractivity (Wildman–Crippen MR) is 86.7 cm³/mol. The van der Waals surface area contributed by atoms with E-state index in [9.17, 15) is 5.11 Å². The molecule has 2 rings (SSSR count). The maximum atomic E-state index is 9.76. The second kappa shape index (κ2) is 7.48. The van der Waals surface area contributed by atoms with Crippen molar-refractivity contribution in [1.82, 2.24) is 0 Å². The molecule has 0 aliphatic heterocycles. The normalized spacial score (nSPS) is 12.0. The summed E-state index contributed by atoms with van der Waals surface area (Å²) in [5, 5.41) is 9.76. The predicted octanol–water partition coefficient (Wildman–Crippen LogP) is 4.48. The maximum absolute atomic E-state index is 9.76. The van der Waals surface area contributed by atoms with Crippen LogP contribution in [0.25, 0.3) is 0 Å². The van der Waals surface area contributed by atoms with Crippen LogP contribution in [0.15, 0.2) is 46.9 Å². The van der Waals surface area contributed by atoms with Crippen LogP contribution >= 0.6 is 15.9 Å². The van der Waals surface area contributed by atoms with Gasteiger partial charge in [-0.3, -0.25) is 0 Å². The summed E-state index contributed by atoms with van der Waals surface area (Å²) in [5.41, 5.74) is 1.93. The molecule has 2 aromatic rings. The molecule has 1 atom stereocenters. The van der Waals surface area contributed by atoms with Crippen molar-refractivity contribution >= 4 is 15.9 Å². The third-order valence-electron chi connectivity index (χ3n) is 3.30. The summed E-state index contributed by atoms with van der Waals surface area (Å²) in [6.45, 7) is 2.41. The summed E-state index contributed by atoms with van der Waals surface area (Å²) < 4.78 is 12.0. The first-order valence-corrected chi connectivity index (χ1v) is 7.66. The number of aliphatic hydroxyl groups excluding tert-OH is 1. The number of ether oxygens (including phenoxy) is 2. The molecule has 0 saturated carbocycles. The van der Waals surface area contributed by atoms with E-state index in [2.05, 4.69) is 15.9 Å². The molecule has 0 aliphatic carbocycles. The summed E-state index contributed by atoms with van der Waals surface area (Å²) >= 11 is 3.50. The Labute approximate surface area is 133 Å². The van der Waals surface area contributed by atoms with Crippen LogP contribution in [0.1, 0.15) is 30.6 Å². The lowest BCUT2D eigenvalue weighted by Gasteiger charge is -2.11. The summed E-state index contributed by atoms with van der Waals surface area (Å²) in [5.74, 6) is 1.58.